The van der Waals surface area contributed by atoms with Crippen LogP contribution in [0.15, 0.2) is 4.99 Å². The molecule has 86 valence electrons. The normalized spacial score (nSPS) is 29.8. The quantitative estimate of drug-likeness (QED) is 0.547. The van der Waals surface area contributed by atoms with E-state index in [1.165, 1.54) is 37.2 Å². The minimum Gasteiger partial charge on any atom is -0.370 e. The monoisotopic (exact) mass is 227 g/mol. The number of nitrogens with two attached hydrogens (primary N) is 1. The van der Waals surface area contributed by atoms with E-state index in [9.17, 15) is 0 Å². The third-order valence-electron chi connectivity index (χ3n) is 3.30. The van der Waals surface area contributed by atoms with E-state index in [0.29, 0.717) is 12.1 Å². The molecule has 2 fully saturated rings. The van der Waals surface area contributed by atoms with Crippen molar-refractivity contribution in [3.8, 4) is 0 Å². The lowest BCUT2D eigenvalue weighted by molar-refractivity contribution is 0.358. The van der Waals surface area contributed by atoms with Gasteiger partial charge in [-0.15, -0.1) is 0 Å². The molecule has 0 bridgehead atoms. The van der Waals surface area contributed by atoms with Gasteiger partial charge in [-0.3, -0.25) is 0 Å². The molecular formula is C11H21N3S. The van der Waals surface area contributed by atoms with Crippen LogP contribution in [0.2, 0.25) is 0 Å². The second-order valence-electron chi connectivity index (χ2n) is 4.54. The Bertz CT molecular complexity index is 236. The number of nitrogens with zero attached hydrogens (tertiary/aromatic N) is 2. The van der Waals surface area contributed by atoms with Gasteiger partial charge in [0, 0.05) is 24.1 Å². The summed E-state index contributed by atoms with van der Waals surface area (Å²) >= 11 is 2.01. The molecular weight excluding hydrogens is 206 g/mol. The van der Waals surface area contributed by atoms with E-state index < -0.39 is 0 Å². The summed E-state index contributed by atoms with van der Waals surface area (Å²) in [6, 6.07) is 1.06. The summed E-state index contributed by atoms with van der Waals surface area (Å²) in [7, 11) is 0. The van der Waals surface area contributed by atoms with Gasteiger partial charge in [-0.2, -0.15) is 11.8 Å². The molecule has 2 N–H and O–H groups in total. The van der Waals surface area contributed by atoms with Gasteiger partial charge in [-0.05, 0) is 19.8 Å². The van der Waals surface area contributed by atoms with Gasteiger partial charge >= 0.3 is 0 Å². The highest BCUT2D eigenvalue weighted by Crippen LogP contribution is 2.22. The highest BCUT2D eigenvalue weighted by Gasteiger charge is 2.22. The third-order valence-corrected chi connectivity index (χ3v) is 4.49. The van der Waals surface area contributed by atoms with E-state index in [1.54, 1.807) is 0 Å². The van der Waals surface area contributed by atoms with Crippen molar-refractivity contribution in [3.05, 3.63) is 0 Å². The first-order valence-corrected chi connectivity index (χ1v) is 7.10. The molecule has 2 rings (SSSR count). The van der Waals surface area contributed by atoms with Crippen LogP contribution in [0.4, 0.5) is 0 Å². The Balaban J connectivity index is 1.95. The summed E-state index contributed by atoms with van der Waals surface area (Å²) in [6.45, 7) is 3.30. The Kier molecular flexibility index (Phi) is 3.78. The zero-order chi connectivity index (χ0) is 10.7. The molecule has 1 saturated heterocycles. The maximum atomic E-state index is 6.09. The molecule has 2 aliphatic rings. The summed E-state index contributed by atoms with van der Waals surface area (Å²) in [6.07, 6.45) is 5.12. The molecule has 1 saturated carbocycles. The summed E-state index contributed by atoms with van der Waals surface area (Å²) in [4.78, 5) is 6.93. The first-order chi connectivity index (χ1) is 7.27. The maximum absolute atomic E-state index is 6.09. The number of hydrogen-bond donors (Lipinski definition) is 1. The van der Waals surface area contributed by atoms with Gasteiger partial charge in [0.25, 0.3) is 0 Å². The van der Waals surface area contributed by atoms with Crippen LogP contribution in [0.1, 0.15) is 32.6 Å². The number of guanidine groups is 1. The highest BCUT2D eigenvalue weighted by molar-refractivity contribution is 7.99. The van der Waals surface area contributed by atoms with Gasteiger partial charge in [0.2, 0.25) is 0 Å². The number of thioether (sulfide) groups is 1. The van der Waals surface area contributed by atoms with Crippen LogP contribution < -0.4 is 5.73 Å². The molecule has 0 radical (unpaired) electrons. The SMILES string of the molecule is CC1CSCCN1C(N)=NC1CCCC1. The van der Waals surface area contributed by atoms with Crippen molar-refractivity contribution in [1.29, 1.82) is 0 Å². The summed E-state index contributed by atoms with van der Waals surface area (Å²) in [5.41, 5.74) is 6.09. The number of rotatable bonds is 1. The fourth-order valence-electron chi connectivity index (χ4n) is 2.36. The zero-order valence-electron chi connectivity index (χ0n) is 9.48. The Hall–Kier alpha value is -0.380. The second kappa shape index (κ2) is 5.10. The molecule has 4 heteroatoms. The van der Waals surface area contributed by atoms with Crippen LogP contribution in [-0.4, -0.2) is 41.0 Å². The molecule has 3 nitrogen and oxygen atoms in total. The first-order valence-electron chi connectivity index (χ1n) is 5.95. The average molecular weight is 227 g/mol. The third kappa shape index (κ3) is 2.80. The van der Waals surface area contributed by atoms with Crippen molar-refractivity contribution in [2.24, 2.45) is 10.7 Å². The number of hydrogen-bond acceptors (Lipinski definition) is 2. The smallest absolute Gasteiger partial charge is 0.191 e. The molecule has 1 unspecified atom stereocenters. The number of aliphatic imine (C=N–C) groups is 1. The van der Waals surface area contributed by atoms with Gasteiger partial charge in [0.05, 0.1) is 6.04 Å². The average Bonchev–Trinajstić information content (AvgIpc) is 2.71. The summed E-state index contributed by atoms with van der Waals surface area (Å²) < 4.78 is 0. The van der Waals surface area contributed by atoms with Crippen LogP contribution in [0.5, 0.6) is 0 Å². The van der Waals surface area contributed by atoms with Crippen LogP contribution in [0.3, 0.4) is 0 Å². The largest absolute Gasteiger partial charge is 0.370 e. The van der Waals surface area contributed by atoms with Crippen molar-refractivity contribution in [1.82, 2.24) is 4.90 Å². The van der Waals surface area contributed by atoms with Gasteiger partial charge in [-0.1, -0.05) is 12.8 Å². The van der Waals surface area contributed by atoms with E-state index in [1.807, 2.05) is 11.8 Å². The fourth-order valence-corrected chi connectivity index (χ4v) is 3.38. The fraction of sp³-hybridized carbons (Fsp3) is 0.909. The van der Waals surface area contributed by atoms with Crippen molar-refractivity contribution >= 4 is 17.7 Å². The molecule has 1 heterocycles. The Morgan fingerprint density at radius 2 is 2.13 bits per heavy atom. The summed E-state index contributed by atoms with van der Waals surface area (Å²) in [5.74, 6) is 3.15. The van der Waals surface area contributed by atoms with E-state index in [4.69, 9.17) is 5.73 Å². The minimum absolute atomic E-state index is 0.506. The van der Waals surface area contributed by atoms with Crippen molar-refractivity contribution in [2.75, 3.05) is 18.1 Å². The van der Waals surface area contributed by atoms with E-state index >= 15 is 0 Å². The molecule has 1 atom stereocenters. The van der Waals surface area contributed by atoms with Gasteiger partial charge in [-0.25, -0.2) is 4.99 Å². The standard InChI is InChI=1S/C11H21N3S/c1-9-8-15-7-6-14(9)11(12)13-10-4-2-3-5-10/h9-10H,2-8H2,1H3,(H2,12,13). The minimum atomic E-state index is 0.506. The Morgan fingerprint density at radius 1 is 1.40 bits per heavy atom. The van der Waals surface area contributed by atoms with Crippen LogP contribution in [0, 0.1) is 0 Å². The molecule has 15 heavy (non-hydrogen) atoms. The first kappa shape index (κ1) is 11.1. The zero-order valence-corrected chi connectivity index (χ0v) is 10.3. The predicted molar refractivity (Wildman–Crippen MR) is 67.4 cm³/mol. The second-order valence-corrected chi connectivity index (χ2v) is 5.69. The molecule has 1 aliphatic heterocycles. The van der Waals surface area contributed by atoms with Gasteiger partial charge in [0.1, 0.15) is 0 Å². The Morgan fingerprint density at radius 3 is 2.80 bits per heavy atom. The predicted octanol–water partition coefficient (Wildman–Crippen LogP) is 1.68. The molecule has 0 spiro atoms. The lowest BCUT2D eigenvalue weighted by Crippen LogP contribution is -2.48. The molecule has 0 aromatic heterocycles. The topological polar surface area (TPSA) is 41.6 Å². The molecule has 1 aliphatic carbocycles. The van der Waals surface area contributed by atoms with Crippen LogP contribution in [0.25, 0.3) is 0 Å². The van der Waals surface area contributed by atoms with Gasteiger partial charge in [0.15, 0.2) is 5.96 Å². The van der Waals surface area contributed by atoms with E-state index in [0.717, 1.165) is 12.5 Å². The van der Waals surface area contributed by atoms with Crippen molar-refractivity contribution in [2.45, 2.75) is 44.7 Å². The van der Waals surface area contributed by atoms with Crippen molar-refractivity contribution in [3.63, 3.8) is 0 Å². The van der Waals surface area contributed by atoms with Gasteiger partial charge < -0.3 is 10.6 Å². The maximum Gasteiger partial charge on any atom is 0.191 e. The molecule has 0 aromatic carbocycles. The lowest BCUT2D eigenvalue weighted by atomic mass is 10.3. The molecule has 0 aromatic rings. The van der Waals surface area contributed by atoms with E-state index in [2.05, 4.69) is 16.8 Å². The van der Waals surface area contributed by atoms with Crippen LogP contribution >= 0.6 is 11.8 Å². The van der Waals surface area contributed by atoms with E-state index in [-0.39, 0.29) is 0 Å². The Labute approximate surface area is 96.5 Å². The molecule has 0 amide bonds. The lowest BCUT2D eigenvalue weighted by Gasteiger charge is -2.34. The summed E-state index contributed by atoms with van der Waals surface area (Å²) in [5, 5.41) is 0. The highest BCUT2D eigenvalue weighted by atomic mass is 32.2. The van der Waals surface area contributed by atoms with Crippen molar-refractivity contribution < 1.29 is 0 Å². The van der Waals surface area contributed by atoms with Crippen LogP contribution in [-0.2, 0) is 0 Å².